The number of carbonyl (C=O) groups excluding carboxylic acids is 1. The summed E-state index contributed by atoms with van der Waals surface area (Å²) in [5.41, 5.74) is 3.80. The summed E-state index contributed by atoms with van der Waals surface area (Å²) in [5.74, 6) is 5.47. The Labute approximate surface area is 89.3 Å². The Balaban J connectivity index is 2.04. The van der Waals surface area contributed by atoms with Gasteiger partial charge in [-0.15, -0.1) is 0 Å². The van der Waals surface area contributed by atoms with Crippen LogP contribution in [0.2, 0.25) is 0 Å². The lowest BCUT2D eigenvalue weighted by atomic mass is 9.87. The van der Waals surface area contributed by atoms with E-state index in [0.29, 0.717) is 0 Å². The van der Waals surface area contributed by atoms with Crippen LogP contribution in [0.3, 0.4) is 0 Å². The van der Waals surface area contributed by atoms with E-state index in [-0.39, 0.29) is 12.4 Å². The Hall–Kier alpha value is -1.75. The molecule has 0 aromatic heterocycles. The largest absolute Gasteiger partial charge is 0.468 e. The zero-order chi connectivity index (χ0) is 10.7. The van der Waals surface area contributed by atoms with E-state index < -0.39 is 0 Å². The number of benzene rings is 1. The van der Waals surface area contributed by atoms with Gasteiger partial charge in [0.05, 0.1) is 7.11 Å². The number of fused-ring (bicyclic) bond motifs is 1. The van der Waals surface area contributed by atoms with Gasteiger partial charge >= 0.3 is 5.97 Å². The number of methoxy groups -OCH3 is 1. The molecule has 0 aliphatic heterocycles. The second-order valence-corrected chi connectivity index (χ2v) is 3.54. The van der Waals surface area contributed by atoms with Gasteiger partial charge in [-0.25, -0.2) is 0 Å². The summed E-state index contributed by atoms with van der Waals surface area (Å²) in [7, 11) is 1.37. The average molecular weight is 200 g/mol. The molecular formula is C13H12O2. The van der Waals surface area contributed by atoms with Crippen LogP contribution < -0.4 is 0 Å². The number of hydrogen-bond donors (Lipinski definition) is 0. The Morgan fingerprint density at radius 1 is 1.40 bits per heavy atom. The fraction of sp³-hybridized carbons (Fsp3) is 0.308. The summed E-state index contributed by atoms with van der Waals surface area (Å²) in [4.78, 5) is 10.8. The lowest BCUT2D eigenvalue weighted by Gasteiger charge is -2.17. The van der Waals surface area contributed by atoms with Crippen LogP contribution >= 0.6 is 0 Å². The maximum absolute atomic E-state index is 10.8. The lowest BCUT2D eigenvalue weighted by molar-refractivity contribution is -0.139. The van der Waals surface area contributed by atoms with Crippen molar-refractivity contribution in [1.82, 2.24) is 0 Å². The van der Waals surface area contributed by atoms with Crippen molar-refractivity contribution in [2.24, 2.45) is 0 Å². The molecule has 0 fully saturated rings. The molecule has 0 atom stereocenters. The van der Waals surface area contributed by atoms with Crippen molar-refractivity contribution >= 4 is 5.97 Å². The molecule has 0 spiro atoms. The molecule has 0 radical (unpaired) electrons. The summed E-state index contributed by atoms with van der Waals surface area (Å²) in [6, 6.07) is 6.21. The Kier molecular flexibility index (Phi) is 2.73. The number of hydrogen-bond acceptors (Lipinski definition) is 2. The highest BCUT2D eigenvalue weighted by Gasteiger charge is 2.11. The van der Waals surface area contributed by atoms with E-state index in [4.69, 9.17) is 0 Å². The molecule has 1 aromatic rings. The second kappa shape index (κ2) is 4.18. The van der Waals surface area contributed by atoms with Crippen molar-refractivity contribution in [3.8, 4) is 11.8 Å². The van der Waals surface area contributed by atoms with Crippen LogP contribution in [0.15, 0.2) is 18.2 Å². The molecule has 15 heavy (non-hydrogen) atoms. The number of carbonyl (C=O) groups is 1. The molecule has 0 saturated carbocycles. The average Bonchev–Trinajstić information content (AvgIpc) is 2.21. The van der Waals surface area contributed by atoms with Crippen molar-refractivity contribution in [1.29, 1.82) is 0 Å². The molecule has 1 aliphatic rings. The van der Waals surface area contributed by atoms with Gasteiger partial charge in [0.25, 0.3) is 0 Å². The minimum absolute atomic E-state index is 0.160. The van der Waals surface area contributed by atoms with Crippen molar-refractivity contribution in [3.05, 3.63) is 34.9 Å². The quantitative estimate of drug-likeness (QED) is 0.509. The predicted octanol–water partition coefficient (Wildman–Crippen LogP) is 1.70. The molecule has 2 rings (SSSR count). The van der Waals surface area contributed by atoms with Crippen LogP contribution in [0.1, 0.15) is 23.1 Å². The molecule has 0 bridgehead atoms. The van der Waals surface area contributed by atoms with E-state index in [0.717, 1.165) is 12.0 Å². The summed E-state index contributed by atoms with van der Waals surface area (Å²) in [6.07, 6.45) is 2.50. The second-order valence-electron chi connectivity index (χ2n) is 3.54. The van der Waals surface area contributed by atoms with Gasteiger partial charge in [0.15, 0.2) is 0 Å². The fourth-order valence-corrected chi connectivity index (χ4v) is 1.56. The molecule has 0 heterocycles. The molecular weight excluding hydrogens is 188 g/mol. The first-order valence-electron chi connectivity index (χ1n) is 4.97. The number of rotatable bonds is 1. The van der Waals surface area contributed by atoms with E-state index >= 15 is 0 Å². The van der Waals surface area contributed by atoms with Gasteiger partial charge < -0.3 is 4.74 Å². The Morgan fingerprint density at radius 3 is 2.80 bits per heavy atom. The van der Waals surface area contributed by atoms with Gasteiger partial charge in [-0.05, 0) is 36.1 Å². The SMILES string of the molecule is COC(=O)CC#Cc1ccc2c(c1)CC2. The van der Waals surface area contributed by atoms with Gasteiger partial charge in [0.1, 0.15) is 6.42 Å². The van der Waals surface area contributed by atoms with Crippen molar-refractivity contribution < 1.29 is 9.53 Å². The normalized spacial score (nSPS) is 11.8. The van der Waals surface area contributed by atoms with E-state index in [1.54, 1.807) is 0 Å². The van der Waals surface area contributed by atoms with E-state index in [1.807, 2.05) is 6.07 Å². The van der Waals surface area contributed by atoms with Crippen LogP contribution in [0.4, 0.5) is 0 Å². The van der Waals surface area contributed by atoms with E-state index in [9.17, 15) is 4.79 Å². The first-order chi connectivity index (χ1) is 7.29. The van der Waals surface area contributed by atoms with E-state index in [1.165, 1.54) is 24.7 Å². The van der Waals surface area contributed by atoms with Gasteiger partial charge in [-0.3, -0.25) is 4.79 Å². The molecule has 0 N–H and O–H groups in total. The van der Waals surface area contributed by atoms with Crippen molar-refractivity contribution in [2.45, 2.75) is 19.3 Å². The smallest absolute Gasteiger partial charge is 0.317 e. The highest BCUT2D eigenvalue weighted by atomic mass is 16.5. The first kappa shape index (κ1) is 9.79. The first-order valence-corrected chi connectivity index (χ1v) is 4.97. The molecule has 0 saturated heterocycles. The zero-order valence-electron chi connectivity index (χ0n) is 8.67. The monoisotopic (exact) mass is 200 g/mol. The topological polar surface area (TPSA) is 26.3 Å². The Morgan fingerprint density at radius 2 is 2.20 bits per heavy atom. The minimum atomic E-state index is -0.286. The van der Waals surface area contributed by atoms with E-state index in [2.05, 4.69) is 28.7 Å². The molecule has 76 valence electrons. The van der Waals surface area contributed by atoms with Crippen LogP contribution in [0, 0.1) is 11.8 Å². The third-order valence-corrected chi connectivity index (χ3v) is 2.56. The standard InChI is InChI=1S/C13H12O2/c1-15-13(14)4-2-3-10-5-6-11-7-8-12(11)9-10/h5-6,9H,4,7-8H2,1H3. The molecule has 1 aliphatic carbocycles. The number of aryl methyl sites for hydroxylation is 2. The van der Waals surface area contributed by atoms with Gasteiger partial charge in [-0.2, -0.15) is 0 Å². The van der Waals surface area contributed by atoms with Crippen LogP contribution in [-0.4, -0.2) is 13.1 Å². The maximum atomic E-state index is 10.8. The third-order valence-electron chi connectivity index (χ3n) is 2.56. The maximum Gasteiger partial charge on any atom is 0.317 e. The van der Waals surface area contributed by atoms with Crippen molar-refractivity contribution in [2.75, 3.05) is 7.11 Å². The predicted molar refractivity (Wildman–Crippen MR) is 57.4 cm³/mol. The van der Waals surface area contributed by atoms with Crippen LogP contribution in [0.25, 0.3) is 0 Å². The molecule has 0 unspecified atom stereocenters. The Bertz CT molecular complexity index is 449. The molecule has 2 heteroatoms. The number of ether oxygens (including phenoxy) is 1. The molecule has 2 nitrogen and oxygen atoms in total. The minimum Gasteiger partial charge on any atom is -0.468 e. The number of esters is 1. The molecule has 1 aromatic carbocycles. The van der Waals surface area contributed by atoms with Gasteiger partial charge in [0.2, 0.25) is 0 Å². The fourth-order valence-electron chi connectivity index (χ4n) is 1.56. The zero-order valence-corrected chi connectivity index (χ0v) is 8.67. The summed E-state index contributed by atoms with van der Waals surface area (Å²) in [6.45, 7) is 0. The molecule has 0 amide bonds. The van der Waals surface area contributed by atoms with Crippen molar-refractivity contribution in [3.63, 3.8) is 0 Å². The van der Waals surface area contributed by atoms with Gasteiger partial charge in [0, 0.05) is 5.56 Å². The highest BCUT2D eigenvalue weighted by molar-refractivity contribution is 5.72. The lowest BCUT2D eigenvalue weighted by Crippen LogP contribution is -2.07. The summed E-state index contributed by atoms with van der Waals surface area (Å²) in [5, 5.41) is 0. The third kappa shape index (κ3) is 2.19. The van der Waals surface area contributed by atoms with Gasteiger partial charge in [-0.1, -0.05) is 17.9 Å². The highest BCUT2D eigenvalue weighted by Crippen LogP contribution is 2.23. The van der Waals surface area contributed by atoms with Crippen LogP contribution in [-0.2, 0) is 22.4 Å². The summed E-state index contributed by atoms with van der Waals surface area (Å²) >= 11 is 0. The van der Waals surface area contributed by atoms with Crippen LogP contribution in [0.5, 0.6) is 0 Å². The summed E-state index contributed by atoms with van der Waals surface area (Å²) < 4.78 is 4.50.